The fourth-order valence-electron chi connectivity index (χ4n) is 2.03. The van der Waals surface area contributed by atoms with Crippen LogP contribution in [0.3, 0.4) is 0 Å². The largest absolute Gasteiger partial charge is 0.247 e. The number of benzene rings is 2. The molecule has 4 nitrogen and oxygen atoms in total. The molecule has 0 saturated carbocycles. The van der Waals surface area contributed by atoms with Crippen LogP contribution in [0.2, 0.25) is 5.02 Å². The lowest BCUT2D eigenvalue weighted by Gasteiger charge is -2.05. The molecule has 3 aromatic rings. The van der Waals surface area contributed by atoms with Gasteiger partial charge in [0, 0.05) is 10.6 Å². The van der Waals surface area contributed by atoms with Crippen molar-refractivity contribution in [3.05, 3.63) is 59.2 Å². The molecule has 0 fully saturated rings. The van der Waals surface area contributed by atoms with Crippen molar-refractivity contribution in [2.45, 2.75) is 0 Å². The van der Waals surface area contributed by atoms with Gasteiger partial charge in [0.05, 0.1) is 0 Å². The highest BCUT2D eigenvalue weighted by molar-refractivity contribution is 6.31. The van der Waals surface area contributed by atoms with Gasteiger partial charge in [0.2, 0.25) is 0 Å². The Morgan fingerprint density at radius 2 is 1.75 bits per heavy atom. The summed E-state index contributed by atoms with van der Waals surface area (Å²) in [4.78, 5) is 0. The first-order valence-corrected chi connectivity index (χ1v) is 6.33. The second-order valence-electron chi connectivity index (χ2n) is 4.24. The molecule has 0 amide bonds. The molecule has 1 N–H and O–H groups in total. The number of rotatable bonds is 2. The van der Waals surface area contributed by atoms with Crippen LogP contribution in [0.1, 0.15) is 5.69 Å². The van der Waals surface area contributed by atoms with Crippen molar-refractivity contribution in [2.75, 3.05) is 0 Å². The molecule has 0 spiro atoms. The molecule has 0 radical (unpaired) electrons. The molecule has 0 aliphatic rings. The third-order valence-electron chi connectivity index (χ3n) is 2.94. The summed E-state index contributed by atoms with van der Waals surface area (Å²) in [5, 5.41) is 19.8. The van der Waals surface area contributed by atoms with E-state index in [9.17, 15) is 0 Å². The van der Waals surface area contributed by atoms with Gasteiger partial charge in [0.1, 0.15) is 11.8 Å². The summed E-state index contributed by atoms with van der Waals surface area (Å²) < 4.78 is 0. The Bertz CT molecular complexity index is 787. The first kappa shape index (κ1) is 12.4. The van der Waals surface area contributed by atoms with Gasteiger partial charge in [-0.25, -0.2) is 5.10 Å². The molecule has 0 saturated heterocycles. The van der Waals surface area contributed by atoms with Crippen LogP contribution >= 0.6 is 11.6 Å². The third-order valence-corrected chi connectivity index (χ3v) is 3.16. The molecular weight excluding hydrogens is 272 g/mol. The summed E-state index contributed by atoms with van der Waals surface area (Å²) in [7, 11) is 0. The van der Waals surface area contributed by atoms with Crippen molar-refractivity contribution < 1.29 is 0 Å². The van der Waals surface area contributed by atoms with Gasteiger partial charge in [-0.1, -0.05) is 47.1 Å². The predicted octanol–water partition coefficient (Wildman–Crippen LogP) is 3.66. The van der Waals surface area contributed by atoms with Crippen molar-refractivity contribution in [3.8, 4) is 28.5 Å². The van der Waals surface area contributed by atoms with Crippen LogP contribution in [0.4, 0.5) is 0 Å². The number of aromatic nitrogens is 3. The lowest BCUT2D eigenvalue weighted by Crippen LogP contribution is -1.85. The first-order chi connectivity index (χ1) is 9.78. The molecule has 3 rings (SSSR count). The Hall–Kier alpha value is -2.64. The summed E-state index contributed by atoms with van der Waals surface area (Å²) in [6, 6.07) is 17.5. The minimum atomic E-state index is 0.325. The lowest BCUT2D eigenvalue weighted by atomic mass is 10.0. The highest BCUT2D eigenvalue weighted by Gasteiger charge is 2.11. The van der Waals surface area contributed by atoms with Gasteiger partial charge in [-0.05, 0) is 29.3 Å². The number of nitrogens with zero attached hydrogens (tertiary/aromatic N) is 3. The molecule has 96 valence electrons. The van der Waals surface area contributed by atoms with Gasteiger partial charge >= 0.3 is 0 Å². The smallest absolute Gasteiger partial charge is 0.163 e. The summed E-state index contributed by atoms with van der Waals surface area (Å²) in [5.41, 5.74) is 3.62. The normalized spacial score (nSPS) is 10.2. The predicted molar refractivity (Wildman–Crippen MR) is 77.0 cm³/mol. The highest BCUT2D eigenvalue weighted by atomic mass is 35.5. The van der Waals surface area contributed by atoms with E-state index >= 15 is 0 Å². The van der Waals surface area contributed by atoms with Crippen LogP contribution < -0.4 is 0 Å². The zero-order valence-electron chi connectivity index (χ0n) is 10.3. The number of hydrogen-bond acceptors (Lipinski definition) is 3. The van der Waals surface area contributed by atoms with Gasteiger partial charge in [-0.2, -0.15) is 5.26 Å². The van der Waals surface area contributed by atoms with Crippen LogP contribution in [0.25, 0.3) is 22.4 Å². The number of hydrogen-bond donors (Lipinski definition) is 1. The Balaban J connectivity index is 2.15. The average molecular weight is 281 g/mol. The number of halogens is 1. The summed E-state index contributed by atoms with van der Waals surface area (Å²) in [6.45, 7) is 0. The van der Waals surface area contributed by atoms with Crippen LogP contribution in [0.15, 0.2) is 48.5 Å². The standard InChI is InChI=1S/C15H9ClN4/c16-13-7-11(10-4-2-1-3-5-10)6-12(8-13)15-14(9-17)18-20-19-15/h1-8H,(H,18,19,20). The van der Waals surface area contributed by atoms with E-state index in [4.69, 9.17) is 16.9 Å². The van der Waals surface area contributed by atoms with Crippen LogP contribution in [-0.4, -0.2) is 15.4 Å². The topological polar surface area (TPSA) is 65.4 Å². The lowest BCUT2D eigenvalue weighted by molar-refractivity contribution is 0.937. The first-order valence-electron chi connectivity index (χ1n) is 5.95. The van der Waals surface area contributed by atoms with Crippen molar-refractivity contribution >= 4 is 11.6 Å². The molecule has 0 aliphatic heterocycles. The van der Waals surface area contributed by atoms with E-state index in [1.165, 1.54) is 0 Å². The highest BCUT2D eigenvalue weighted by Crippen LogP contribution is 2.30. The minimum Gasteiger partial charge on any atom is -0.247 e. The van der Waals surface area contributed by atoms with Crippen LogP contribution in [-0.2, 0) is 0 Å². The van der Waals surface area contributed by atoms with Gasteiger partial charge in [-0.3, -0.25) is 0 Å². The van der Waals surface area contributed by atoms with E-state index in [1.54, 1.807) is 6.07 Å². The van der Waals surface area contributed by atoms with Crippen LogP contribution in [0, 0.1) is 11.3 Å². The number of nitriles is 1. The van der Waals surface area contributed by atoms with Crippen molar-refractivity contribution in [3.63, 3.8) is 0 Å². The Morgan fingerprint density at radius 1 is 1.00 bits per heavy atom. The summed E-state index contributed by atoms with van der Waals surface area (Å²) >= 11 is 6.17. The van der Waals surface area contributed by atoms with Crippen molar-refractivity contribution in [1.29, 1.82) is 5.26 Å². The van der Waals surface area contributed by atoms with Gasteiger partial charge in [0.25, 0.3) is 0 Å². The second-order valence-corrected chi connectivity index (χ2v) is 4.68. The molecule has 0 bridgehead atoms. The van der Waals surface area contributed by atoms with Crippen LogP contribution in [0.5, 0.6) is 0 Å². The average Bonchev–Trinajstić information content (AvgIpc) is 2.96. The van der Waals surface area contributed by atoms with Gasteiger partial charge < -0.3 is 0 Å². The molecule has 1 heterocycles. The van der Waals surface area contributed by atoms with E-state index in [0.717, 1.165) is 16.7 Å². The SMILES string of the molecule is N#Cc1[nH]nnc1-c1cc(Cl)cc(-c2ccccc2)c1. The minimum absolute atomic E-state index is 0.325. The fourth-order valence-corrected chi connectivity index (χ4v) is 2.27. The molecule has 0 aliphatic carbocycles. The maximum absolute atomic E-state index is 9.03. The van der Waals surface area contributed by atoms with E-state index in [-0.39, 0.29) is 0 Å². The van der Waals surface area contributed by atoms with Crippen molar-refractivity contribution in [1.82, 2.24) is 15.4 Å². The molecular formula is C15H9ClN4. The summed E-state index contributed by atoms with van der Waals surface area (Å²) in [5.74, 6) is 0. The maximum Gasteiger partial charge on any atom is 0.163 e. The molecule has 1 aromatic heterocycles. The quantitative estimate of drug-likeness (QED) is 0.779. The van der Waals surface area contributed by atoms with Gasteiger partial charge in [0.15, 0.2) is 5.69 Å². The second kappa shape index (κ2) is 5.16. The maximum atomic E-state index is 9.03. The molecule has 20 heavy (non-hydrogen) atoms. The Labute approximate surface area is 120 Å². The van der Waals surface area contributed by atoms with E-state index in [2.05, 4.69) is 15.4 Å². The van der Waals surface area contributed by atoms with Crippen molar-refractivity contribution in [2.24, 2.45) is 0 Å². The molecule has 2 aromatic carbocycles. The van der Waals surface area contributed by atoms with E-state index in [0.29, 0.717) is 16.4 Å². The Morgan fingerprint density at radius 3 is 2.50 bits per heavy atom. The Kier molecular flexibility index (Phi) is 3.20. The number of nitrogens with one attached hydrogen (secondary N) is 1. The zero-order valence-corrected chi connectivity index (χ0v) is 11.1. The fraction of sp³-hybridized carbons (Fsp3) is 0. The van der Waals surface area contributed by atoms with E-state index in [1.807, 2.05) is 48.5 Å². The number of H-pyrrole nitrogens is 1. The zero-order chi connectivity index (χ0) is 13.9. The van der Waals surface area contributed by atoms with Gasteiger partial charge in [-0.15, -0.1) is 5.10 Å². The number of aromatic amines is 1. The third kappa shape index (κ3) is 2.27. The molecule has 0 atom stereocenters. The molecule has 5 heteroatoms. The van der Waals surface area contributed by atoms with E-state index < -0.39 is 0 Å². The molecule has 0 unspecified atom stereocenters. The monoisotopic (exact) mass is 280 g/mol. The summed E-state index contributed by atoms with van der Waals surface area (Å²) in [6.07, 6.45) is 0.